The molecule has 0 fully saturated rings. The van der Waals surface area contributed by atoms with Gasteiger partial charge in [0.05, 0.1) is 0 Å². The monoisotopic (exact) mass is 376 g/mol. The lowest BCUT2D eigenvalue weighted by Gasteiger charge is -2.19. The molecule has 0 saturated heterocycles. The number of sulfonamides is 1. The maximum atomic E-state index is 13.8. The summed E-state index contributed by atoms with van der Waals surface area (Å²) in [6.07, 6.45) is 3.02. The van der Waals surface area contributed by atoms with E-state index < -0.39 is 26.8 Å². The number of nitrogens with one attached hydrogen (secondary N) is 2. The van der Waals surface area contributed by atoms with Gasteiger partial charge < -0.3 is 5.32 Å². The molecule has 0 aromatic heterocycles. The van der Waals surface area contributed by atoms with E-state index in [9.17, 15) is 17.6 Å². The van der Waals surface area contributed by atoms with E-state index >= 15 is 0 Å². The van der Waals surface area contributed by atoms with Crippen molar-refractivity contribution in [2.75, 3.05) is 18.6 Å². The normalized spacial score (nSPS) is 13.0. The summed E-state index contributed by atoms with van der Waals surface area (Å²) in [6, 6.07) is 4.19. The van der Waals surface area contributed by atoms with Gasteiger partial charge in [-0.15, -0.1) is 0 Å². The molecule has 1 aromatic carbocycles. The van der Waals surface area contributed by atoms with Crippen LogP contribution in [0.1, 0.15) is 26.7 Å². The fraction of sp³-hybridized carbons (Fsp3) is 0.562. The van der Waals surface area contributed by atoms with Crippen molar-refractivity contribution < 1.29 is 17.6 Å². The second-order valence-electron chi connectivity index (χ2n) is 5.86. The fourth-order valence-corrected chi connectivity index (χ4v) is 3.78. The molecular formula is C16H25FN2O3S2. The molecule has 1 atom stereocenters. The number of hydrogen-bond donors (Lipinski definition) is 2. The molecule has 1 amide bonds. The predicted octanol–water partition coefficient (Wildman–Crippen LogP) is 2.39. The Morgan fingerprint density at radius 1 is 1.25 bits per heavy atom. The number of amides is 1. The van der Waals surface area contributed by atoms with Gasteiger partial charge in [0.25, 0.3) is 0 Å². The van der Waals surface area contributed by atoms with Gasteiger partial charge in [0, 0.05) is 6.54 Å². The number of rotatable bonds is 10. The van der Waals surface area contributed by atoms with Crippen LogP contribution in [0, 0.1) is 11.7 Å². The summed E-state index contributed by atoms with van der Waals surface area (Å²) < 4.78 is 40.8. The molecule has 2 N–H and O–H groups in total. The summed E-state index contributed by atoms with van der Waals surface area (Å²) >= 11 is 1.51. The maximum absolute atomic E-state index is 13.8. The first-order valence-corrected chi connectivity index (χ1v) is 10.7. The Labute approximate surface area is 147 Å². The highest BCUT2D eigenvalue weighted by Crippen LogP contribution is 2.15. The lowest BCUT2D eigenvalue weighted by atomic mass is 10.1. The molecule has 0 radical (unpaired) electrons. The van der Waals surface area contributed by atoms with Crippen molar-refractivity contribution in [1.82, 2.24) is 10.0 Å². The molecule has 0 aliphatic rings. The Hall–Kier alpha value is -1.12. The summed E-state index contributed by atoms with van der Waals surface area (Å²) in [5.74, 6) is -0.175. The third kappa shape index (κ3) is 6.78. The van der Waals surface area contributed by atoms with Crippen LogP contribution in [0.5, 0.6) is 0 Å². The largest absolute Gasteiger partial charge is 0.355 e. The summed E-state index contributed by atoms with van der Waals surface area (Å²) in [5.41, 5.74) is 0. The van der Waals surface area contributed by atoms with Crippen LogP contribution in [0.25, 0.3) is 0 Å². The van der Waals surface area contributed by atoms with Gasteiger partial charge in [-0.1, -0.05) is 26.0 Å². The molecule has 0 aliphatic carbocycles. The number of carbonyl (C=O) groups excluding carboxylic acids is 1. The van der Waals surface area contributed by atoms with Gasteiger partial charge in [-0.2, -0.15) is 16.5 Å². The van der Waals surface area contributed by atoms with Crippen molar-refractivity contribution in [1.29, 1.82) is 0 Å². The van der Waals surface area contributed by atoms with Gasteiger partial charge >= 0.3 is 0 Å². The van der Waals surface area contributed by atoms with Crippen molar-refractivity contribution in [3.63, 3.8) is 0 Å². The van der Waals surface area contributed by atoms with E-state index in [4.69, 9.17) is 0 Å². The van der Waals surface area contributed by atoms with Crippen LogP contribution < -0.4 is 10.0 Å². The van der Waals surface area contributed by atoms with Crippen molar-refractivity contribution in [2.24, 2.45) is 5.92 Å². The molecule has 0 heterocycles. The molecule has 0 aliphatic heterocycles. The van der Waals surface area contributed by atoms with Gasteiger partial charge in [-0.3, -0.25) is 4.79 Å². The zero-order valence-electron chi connectivity index (χ0n) is 14.2. The number of halogens is 1. The van der Waals surface area contributed by atoms with E-state index in [2.05, 4.69) is 10.0 Å². The molecule has 0 saturated carbocycles. The van der Waals surface area contributed by atoms with Crippen LogP contribution >= 0.6 is 11.8 Å². The van der Waals surface area contributed by atoms with Crippen molar-refractivity contribution >= 4 is 27.7 Å². The van der Waals surface area contributed by atoms with E-state index in [1.54, 1.807) is 0 Å². The van der Waals surface area contributed by atoms with Gasteiger partial charge in [-0.25, -0.2) is 12.8 Å². The molecule has 8 heteroatoms. The van der Waals surface area contributed by atoms with Gasteiger partial charge in [0.15, 0.2) is 0 Å². The van der Waals surface area contributed by atoms with Crippen molar-refractivity contribution in [2.45, 2.75) is 37.6 Å². The van der Waals surface area contributed by atoms with Crippen LogP contribution in [0.3, 0.4) is 0 Å². The zero-order valence-corrected chi connectivity index (χ0v) is 15.8. The Balaban J connectivity index is 2.84. The summed E-state index contributed by atoms with van der Waals surface area (Å²) in [5, 5.41) is 2.74. The Bertz CT molecular complexity index is 636. The number of hydrogen-bond acceptors (Lipinski definition) is 4. The maximum Gasteiger partial charge on any atom is 0.244 e. The van der Waals surface area contributed by atoms with Crippen LogP contribution in [0.4, 0.5) is 4.39 Å². The first-order valence-electron chi connectivity index (χ1n) is 7.81. The van der Waals surface area contributed by atoms with Crippen LogP contribution in [-0.4, -0.2) is 38.9 Å². The number of thioether (sulfide) groups is 1. The second-order valence-corrected chi connectivity index (χ2v) is 8.53. The first kappa shape index (κ1) is 20.9. The lowest BCUT2D eigenvalue weighted by molar-refractivity contribution is -0.122. The Morgan fingerprint density at radius 3 is 2.50 bits per heavy atom. The molecule has 136 valence electrons. The third-order valence-corrected chi connectivity index (χ3v) is 5.52. The minimum Gasteiger partial charge on any atom is -0.355 e. The Morgan fingerprint density at radius 2 is 1.92 bits per heavy atom. The number of benzene rings is 1. The van der Waals surface area contributed by atoms with Crippen molar-refractivity contribution in [3.8, 4) is 0 Å². The Kier molecular flexibility index (Phi) is 8.72. The summed E-state index contributed by atoms with van der Waals surface area (Å²) in [6.45, 7) is 4.56. The molecule has 5 nitrogen and oxygen atoms in total. The lowest BCUT2D eigenvalue weighted by Crippen LogP contribution is -2.47. The third-order valence-electron chi connectivity index (χ3n) is 3.37. The molecule has 1 unspecified atom stereocenters. The van der Waals surface area contributed by atoms with E-state index in [0.717, 1.165) is 12.5 Å². The van der Waals surface area contributed by atoms with Crippen molar-refractivity contribution in [3.05, 3.63) is 30.1 Å². The second kappa shape index (κ2) is 10.0. The predicted molar refractivity (Wildman–Crippen MR) is 96.0 cm³/mol. The SMILES string of the molecule is CSCCC(NS(=O)(=O)c1ccccc1F)C(=O)NCCC(C)C. The van der Waals surface area contributed by atoms with E-state index in [0.29, 0.717) is 24.6 Å². The van der Waals surface area contributed by atoms with E-state index in [1.165, 1.54) is 30.0 Å². The summed E-state index contributed by atoms with van der Waals surface area (Å²) in [7, 11) is -4.10. The zero-order chi connectivity index (χ0) is 18.2. The smallest absolute Gasteiger partial charge is 0.244 e. The topological polar surface area (TPSA) is 75.3 Å². The molecule has 24 heavy (non-hydrogen) atoms. The van der Waals surface area contributed by atoms with Gasteiger partial charge in [0.2, 0.25) is 15.9 Å². The molecule has 0 bridgehead atoms. The van der Waals surface area contributed by atoms with Gasteiger partial charge in [0.1, 0.15) is 16.8 Å². The number of carbonyl (C=O) groups is 1. The molecule has 1 rings (SSSR count). The first-order chi connectivity index (χ1) is 11.3. The van der Waals surface area contributed by atoms with Crippen LogP contribution in [0.2, 0.25) is 0 Å². The summed E-state index contributed by atoms with van der Waals surface area (Å²) in [4.78, 5) is 11.8. The molecule has 1 aromatic rings. The highest BCUT2D eigenvalue weighted by molar-refractivity contribution is 7.98. The highest BCUT2D eigenvalue weighted by Gasteiger charge is 2.27. The fourth-order valence-electron chi connectivity index (χ4n) is 2.00. The molecule has 0 spiro atoms. The standard InChI is InChI=1S/C16H25FN2O3S2/c1-12(2)8-10-18-16(20)14(9-11-23-3)19-24(21,22)15-7-5-4-6-13(15)17/h4-7,12,14,19H,8-11H2,1-3H3,(H,18,20). The molecular weight excluding hydrogens is 351 g/mol. The average molecular weight is 377 g/mol. The van der Waals surface area contributed by atoms with Gasteiger partial charge in [-0.05, 0) is 42.9 Å². The van der Waals surface area contributed by atoms with Crippen LogP contribution in [-0.2, 0) is 14.8 Å². The quantitative estimate of drug-likeness (QED) is 0.657. The van der Waals surface area contributed by atoms with E-state index in [-0.39, 0.29) is 5.91 Å². The van der Waals surface area contributed by atoms with E-state index in [1.807, 2.05) is 20.1 Å². The van der Waals surface area contributed by atoms with Crippen LogP contribution in [0.15, 0.2) is 29.2 Å². The minimum absolute atomic E-state index is 0.336. The highest BCUT2D eigenvalue weighted by atomic mass is 32.2. The average Bonchev–Trinajstić information content (AvgIpc) is 2.51. The minimum atomic E-state index is -4.10.